The Balaban J connectivity index is 1.88. The molecule has 6 heteroatoms. The van der Waals surface area contributed by atoms with Crippen LogP contribution in [0.5, 0.6) is 0 Å². The Kier molecular flexibility index (Phi) is 4.35. The first-order valence-electron chi connectivity index (χ1n) is 7.03. The molecule has 2 N–H and O–H groups in total. The zero-order chi connectivity index (χ0) is 16.1. The average molecular weight is 305 g/mol. The highest BCUT2D eigenvalue weighted by Gasteiger charge is 2.05. The SMILES string of the molecule is C=Cc1cc(-c2ncnc(Nc3cccc(CO)c3)n2)ccn1. The first-order chi connectivity index (χ1) is 11.3. The normalized spacial score (nSPS) is 10.3. The lowest BCUT2D eigenvalue weighted by atomic mass is 10.2. The van der Waals surface area contributed by atoms with Crippen molar-refractivity contribution in [1.29, 1.82) is 0 Å². The maximum Gasteiger partial charge on any atom is 0.230 e. The summed E-state index contributed by atoms with van der Waals surface area (Å²) in [5.41, 5.74) is 3.21. The first kappa shape index (κ1) is 14.8. The summed E-state index contributed by atoms with van der Waals surface area (Å²) in [6, 6.07) is 11.1. The summed E-state index contributed by atoms with van der Waals surface area (Å²) in [5.74, 6) is 0.980. The third kappa shape index (κ3) is 3.56. The molecule has 0 amide bonds. The van der Waals surface area contributed by atoms with Crippen molar-refractivity contribution in [2.75, 3.05) is 5.32 Å². The van der Waals surface area contributed by atoms with Crippen LogP contribution in [0.4, 0.5) is 11.6 Å². The number of nitrogens with zero attached hydrogens (tertiary/aromatic N) is 4. The number of aromatic nitrogens is 4. The fourth-order valence-electron chi connectivity index (χ4n) is 2.07. The Bertz CT molecular complexity index is 834. The second-order valence-electron chi connectivity index (χ2n) is 4.79. The van der Waals surface area contributed by atoms with Crippen LogP contribution in [0.25, 0.3) is 17.5 Å². The van der Waals surface area contributed by atoms with E-state index in [9.17, 15) is 5.11 Å². The second-order valence-corrected chi connectivity index (χ2v) is 4.79. The number of aliphatic hydroxyl groups excluding tert-OH is 1. The van der Waals surface area contributed by atoms with Crippen LogP contribution in [-0.4, -0.2) is 25.0 Å². The molecule has 23 heavy (non-hydrogen) atoms. The molecule has 0 radical (unpaired) electrons. The molecular weight excluding hydrogens is 290 g/mol. The van der Waals surface area contributed by atoms with E-state index in [1.807, 2.05) is 36.4 Å². The van der Waals surface area contributed by atoms with E-state index < -0.39 is 0 Å². The van der Waals surface area contributed by atoms with Crippen molar-refractivity contribution in [2.45, 2.75) is 6.61 Å². The Morgan fingerprint density at radius 3 is 2.87 bits per heavy atom. The number of hydrogen-bond donors (Lipinski definition) is 2. The molecule has 0 aliphatic carbocycles. The van der Waals surface area contributed by atoms with Gasteiger partial charge < -0.3 is 10.4 Å². The van der Waals surface area contributed by atoms with Crippen LogP contribution < -0.4 is 5.32 Å². The molecule has 114 valence electrons. The maximum atomic E-state index is 9.19. The molecule has 0 spiro atoms. The number of anilines is 2. The van der Waals surface area contributed by atoms with E-state index in [0.717, 1.165) is 22.5 Å². The van der Waals surface area contributed by atoms with Gasteiger partial charge in [0.1, 0.15) is 6.33 Å². The molecule has 6 nitrogen and oxygen atoms in total. The molecule has 2 heterocycles. The molecule has 0 aliphatic heterocycles. The minimum absolute atomic E-state index is 0.0146. The van der Waals surface area contributed by atoms with Gasteiger partial charge in [0.25, 0.3) is 0 Å². The van der Waals surface area contributed by atoms with E-state index in [0.29, 0.717) is 11.8 Å². The predicted molar refractivity (Wildman–Crippen MR) is 88.8 cm³/mol. The van der Waals surface area contributed by atoms with Crippen LogP contribution in [0.15, 0.2) is 55.5 Å². The molecule has 0 fully saturated rings. The third-order valence-corrected chi connectivity index (χ3v) is 3.19. The van der Waals surface area contributed by atoms with Crippen molar-refractivity contribution in [1.82, 2.24) is 19.9 Å². The Morgan fingerprint density at radius 1 is 1.13 bits per heavy atom. The number of aliphatic hydroxyl groups is 1. The molecule has 0 saturated carbocycles. The molecule has 1 aromatic carbocycles. The fraction of sp³-hybridized carbons (Fsp3) is 0.0588. The average Bonchev–Trinajstić information content (AvgIpc) is 2.62. The summed E-state index contributed by atoms with van der Waals surface area (Å²) in [6.07, 6.45) is 4.81. The highest BCUT2D eigenvalue weighted by molar-refractivity contribution is 5.61. The van der Waals surface area contributed by atoms with Gasteiger partial charge in [0.2, 0.25) is 5.95 Å². The molecule has 0 unspecified atom stereocenters. The molecule has 3 rings (SSSR count). The number of benzene rings is 1. The summed E-state index contributed by atoms with van der Waals surface area (Å²) >= 11 is 0. The third-order valence-electron chi connectivity index (χ3n) is 3.19. The van der Waals surface area contributed by atoms with Crippen molar-refractivity contribution in [2.24, 2.45) is 0 Å². The van der Waals surface area contributed by atoms with Crippen LogP contribution in [0.1, 0.15) is 11.3 Å². The van der Waals surface area contributed by atoms with Gasteiger partial charge in [-0.15, -0.1) is 0 Å². The van der Waals surface area contributed by atoms with E-state index >= 15 is 0 Å². The van der Waals surface area contributed by atoms with Gasteiger partial charge in [-0.25, -0.2) is 9.97 Å². The Labute approximate surface area is 133 Å². The zero-order valence-electron chi connectivity index (χ0n) is 12.3. The predicted octanol–water partition coefficient (Wildman–Crippen LogP) is 2.81. The summed E-state index contributed by atoms with van der Waals surface area (Å²) in [4.78, 5) is 16.9. The van der Waals surface area contributed by atoms with E-state index in [2.05, 4.69) is 31.8 Å². The Hall–Kier alpha value is -3.12. The van der Waals surface area contributed by atoms with Gasteiger partial charge in [-0.3, -0.25) is 4.98 Å². The van der Waals surface area contributed by atoms with Crippen molar-refractivity contribution < 1.29 is 5.11 Å². The minimum atomic E-state index is -0.0146. The number of nitrogens with one attached hydrogen (secondary N) is 1. The van der Waals surface area contributed by atoms with Gasteiger partial charge in [-0.1, -0.05) is 18.7 Å². The largest absolute Gasteiger partial charge is 0.392 e. The van der Waals surface area contributed by atoms with E-state index in [1.54, 1.807) is 12.3 Å². The highest BCUT2D eigenvalue weighted by atomic mass is 16.3. The summed E-state index contributed by atoms with van der Waals surface area (Å²) < 4.78 is 0. The highest BCUT2D eigenvalue weighted by Crippen LogP contribution is 2.18. The van der Waals surface area contributed by atoms with Crippen molar-refractivity contribution in [3.8, 4) is 11.4 Å². The molecule has 3 aromatic rings. The van der Waals surface area contributed by atoms with Crippen LogP contribution in [0.3, 0.4) is 0 Å². The number of pyridine rings is 1. The topological polar surface area (TPSA) is 83.8 Å². The van der Waals surface area contributed by atoms with Gasteiger partial charge >= 0.3 is 0 Å². The monoisotopic (exact) mass is 305 g/mol. The fourth-order valence-corrected chi connectivity index (χ4v) is 2.07. The van der Waals surface area contributed by atoms with Gasteiger partial charge in [-0.05, 0) is 35.9 Å². The lowest BCUT2D eigenvalue weighted by molar-refractivity contribution is 0.282. The molecule has 0 bridgehead atoms. The summed E-state index contributed by atoms with van der Waals surface area (Å²) in [6.45, 7) is 3.69. The molecule has 0 aliphatic rings. The molecule has 2 aromatic heterocycles. The summed E-state index contributed by atoms with van der Waals surface area (Å²) in [5, 5.41) is 12.3. The smallest absolute Gasteiger partial charge is 0.230 e. The van der Waals surface area contributed by atoms with E-state index in [4.69, 9.17) is 0 Å². The van der Waals surface area contributed by atoms with Gasteiger partial charge in [0.15, 0.2) is 5.82 Å². The van der Waals surface area contributed by atoms with E-state index in [-0.39, 0.29) is 6.61 Å². The summed E-state index contributed by atoms with van der Waals surface area (Å²) in [7, 11) is 0. The number of rotatable bonds is 5. The van der Waals surface area contributed by atoms with Crippen molar-refractivity contribution in [3.63, 3.8) is 0 Å². The Morgan fingerprint density at radius 2 is 2.04 bits per heavy atom. The molecule has 0 saturated heterocycles. The van der Waals surface area contributed by atoms with Crippen LogP contribution >= 0.6 is 0 Å². The second kappa shape index (κ2) is 6.76. The quantitative estimate of drug-likeness (QED) is 0.754. The zero-order valence-corrected chi connectivity index (χ0v) is 12.3. The van der Waals surface area contributed by atoms with Crippen LogP contribution in [0.2, 0.25) is 0 Å². The van der Waals surface area contributed by atoms with Gasteiger partial charge in [0.05, 0.1) is 12.3 Å². The lowest BCUT2D eigenvalue weighted by Gasteiger charge is -2.07. The van der Waals surface area contributed by atoms with Crippen LogP contribution in [-0.2, 0) is 6.61 Å². The minimum Gasteiger partial charge on any atom is -0.392 e. The lowest BCUT2D eigenvalue weighted by Crippen LogP contribution is -2.00. The van der Waals surface area contributed by atoms with Crippen molar-refractivity contribution in [3.05, 3.63) is 66.8 Å². The van der Waals surface area contributed by atoms with Gasteiger partial charge in [-0.2, -0.15) is 4.98 Å². The van der Waals surface area contributed by atoms with E-state index in [1.165, 1.54) is 6.33 Å². The maximum absolute atomic E-state index is 9.19. The number of hydrogen-bond acceptors (Lipinski definition) is 6. The standard InChI is InChI=1S/C17H15N5O/c1-2-14-9-13(6-7-18-14)16-19-11-20-17(22-16)21-15-5-3-4-12(8-15)10-23/h2-9,11,23H,1,10H2,(H,19,20,21,22). The van der Waals surface area contributed by atoms with Crippen molar-refractivity contribution >= 4 is 17.7 Å². The molecular formula is C17H15N5O. The van der Waals surface area contributed by atoms with Crippen LogP contribution in [0, 0.1) is 0 Å². The van der Waals surface area contributed by atoms with Gasteiger partial charge in [0, 0.05) is 17.4 Å². The molecule has 0 atom stereocenters. The first-order valence-corrected chi connectivity index (χ1v) is 7.03.